The summed E-state index contributed by atoms with van der Waals surface area (Å²) in [5.74, 6) is -1.59. The number of carbonyl (C=O) groups excluding carboxylic acids is 6. The van der Waals surface area contributed by atoms with Gasteiger partial charge in [0.2, 0.25) is 17.7 Å². The van der Waals surface area contributed by atoms with Gasteiger partial charge < -0.3 is 19.5 Å². The maximum absolute atomic E-state index is 14.1. The van der Waals surface area contributed by atoms with Crippen LogP contribution in [0.1, 0.15) is 119 Å². The molecule has 320 valence electrons. The average molecular weight is 838 g/mol. The van der Waals surface area contributed by atoms with Crippen molar-refractivity contribution in [2.75, 3.05) is 50.8 Å². The molecule has 3 saturated heterocycles. The van der Waals surface area contributed by atoms with Crippen LogP contribution in [0, 0.1) is 6.57 Å². The summed E-state index contributed by atoms with van der Waals surface area (Å²) < 4.78 is 5.89. The van der Waals surface area contributed by atoms with Crippen LogP contribution in [-0.2, 0) is 26.2 Å². The fourth-order valence-corrected chi connectivity index (χ4v) is 10.2. The Bertz CT molecular complexity index is 2590. The van der Waals surface area contributed by atoms with Crippen molar-refractivity contribution in [2.45, 2.75) is 89.6 Å². The predicted molar refractivity (Wildman–Crippen MR) is 232 cm³/mol. The third kappa shape index (κ3) is 7.11. The summed E-state index contributed by atoms with van der Waals surface area (Å²) in [5, 5.41) is 3.07. The number of hydrogen-bond donors (Lipinski definition) is 2. The molecule has 4 aromatic rings. The van der Waals surface area contributed by atoms with E-state index in [1.807, 2.05) is 17.0 Å². The Morgan fingerprint density at radius 3 is 2.35 bits per heavy atom. The lowest BCUT2D eigenvalue weighted by Crippen LogP contribution is -2.54. The number of nitrogens with zero attached hydrogens (tertiary/aromatic N) is 5. The summed E-state index contributed by atoms with van der Waals surface area (Å²) in [6.07, 6.45) is 4.75. The molecule has 0 radical (unpaired) electrons. The summed E-state index contributed by atoms with van der Waals surface area (Å²) in [4.78, 5) is 92.4. The number of ether oxygens (including phenoxy) is 1. The number of aryl methyl sites for hydroxylation is 1. The van der Waals surface area contributed by atoms with Crippen molar-refractivity contribution in [1.82, 2.24) is 25.0 Å². The number of nitrogens with one attached hydrogen (secondary N) is 2. The molecule has 5 heterocycles. The van der Waals surface area contributed by atoms with Crippen LogP contribution in [0.3, 0.4) is 0 Å². The quantitative estimate of drug-likeness (QED) is 0.113. The van der Waals surface area contributed by atoms with E-state index in [4.69, 9.17) is 11.3 Å². The Kier molecular flexibility index (Phi) is 10.7. The zero-order valence-electron chi connectivity index (χ0n) is 35.5. The third-order valence-corrected chi connectivity index (χ3v) is 13.7. The first-order valence-corrected chi connectivity index (χ1v) is 21.9. The number of hydrogen-bond acceptors (Lipinski definition) is 9. The smallest absolute Gasteiger partial charge is 0.262 e. The first kappa shape index (κ1) is 41.0. The van der Waals surface area contributed by atoms with E-state index in [0.717, 1.165) is 78.1 Å². The van der Waals surface area contributed by atoms with Crippen LogP contribution in [0.4, 0.5) is 11.4 Å². The van der Waals surface area contributed by atoms with Gasteiger partial charge in [0.15, 0.2) is 11.5 Å². The van der Waals surface area contributed by atoms with E-state index in [0.29, 0.717) is 62.0 Å². The van der Waals surface area contributed by atoms with Crippen molar-refractivity contribution < 1.29 is 33.5 Å². The number of anilines is 1. The predicted octanol–water partition coefficient (Wildman–Crippen LogP) is 5.91. The second-order valence-electron chi connectivity index (χ2n) is 17.6. The van der Waals surface area contributed by atoms with Gasteiger partial charge in [0.1, 0.15) is 11.8 Å². The molecule has 5 aliphatic rings. The van der Waals surface area contributed by atoms with Crippen molar-refractivity contribution in [2.24, 2.45) is 0 Å². The summed E-state index contributed by atoms with van der Waals surface area (Å²) in [6, 6.07) is 14.0. The number of piperidine rings is 2. The van der Waals surface area contributed by atoms with Gasteiger partial charge in [-0.2, -0.15) is 0 Å². The first-order valence-electron chi connectivity index (χ1n) is 21.9. The summed E-state index contributed by atoms with van der Waals surface area (Å²) in [6.45, 7) is 19.3. The standard InChI is InChI=1S/C48H51N7O7/c1-5-28-24-35-36(48(2,3)44-42(43(35)58)33-11-9-29(49-4)25-37(33)50-44)27-39(28)53-17-15-30(16-18-53)52-19-21-54(22-20-52)41(57)8-6-7-23-62-31-10-12-32-34(26-31)47(61)55(46(32)60)38-13-14-40(56)51-45(38)59/h9-12,24-27,30,38,50H,5-8,13-23H2,1-3H3,(H,51,56,59). The van der Waals surface area contributed by atoms with Crippen molar-refractivity contribution in [3.05, 3.63) is 99.0 Å². The summed E-state index contributed by atoms with van der Waals surface area (Å²) in [7, 11) is 0. The van der Waals surface area contributed by atoms with Gasteiger partial charge in [0, 0.05) is 91.4 Å². The Labute approximate surface area is 360 Å². The SMILES string of the molecule is [C-]#[N+]c1ccc2c3c([nH]c2c1)C(C)(C)c1cc(N2CCC(N4CCN(C(=O)CCCCOc5ccc6c(c5)C(=O)N(C5CCC(=O)NC5=O)C6=O)CC4)CC2)c(CC)cc1C3=O. The Balaban J connectivity index is 0.739. The third-order valence-electron chi connectivity index (χ3n) is 13.7. The number of benzene rings is 3. The molecule has 4 aliphatic heterocycles. The molecule has 3 fully saturated rings. The molecule has 0 spiro atoms. The highest BCUT2D eigenvalue weighted by Crippen LogP contribution is 2.46. The minimum atomic E-state index is -1.02. The minimum absolute atomic E-state index is 0.0393. The lowest BCUT2D eigenvalue weighted by Gasteiger charge is -2.44. The molecule has 3 aromatic carbocycles. The lowest BCUT2D eigenvalue weighted by molar-refractivity contribution is -0.136. The van der Waals surface area contributed by atoms with Gasteiger partial charge in [0.05, 0.1) is 29.9 Å². The van der Waals surface area contributed by atoms with E-state index in [1.54, 1.807) is 12.1 Å². The molecule has 1 atom stereocenters. The molecular weight excluding hydrogens is 787 g/mol. The normalized spacial score (nSPS) is 20.3. The zero-order chi connectivity index (χ0) is 43.4. The molecule has 5 amide bonds. The fraction of sp³-hybridized carbons (Fsp3) is 0.438. The van der Waals surface area contributed by atoms with E-state index in [2.05, 4.69) is 57.8 Å². The number of aromatic nitrogens is 1. The van der Waals surface area contributed by atoms with E-state index in [-0.39, 0.29) is 35.7 Å². The molecule has 0 saturated carbocycles. The molecule has 1 aromatic heterocycles. The fourth-order valence-electron chi connectivity index (χ4n) is 10.2. The van der Waals surface area contributed by atoms with Crippen LogP contribution in [0.25, 0.3) is 15.7 Å². The molecule has 1 aliphatic carbocycles. The van der Waals surface area contributed by atoms with E-state index >= 15 is 0 Å². The van der Waals surface area contributed by atoms with E-state index < -0.39 is 35.1 Å². The monoisotopic (exact) mass is 837 g/mol. The number of amides is 5. The van der Waals surface area contributed by atoms with Crippen LogP contribution in [0.15, 0.2) is 48.5 Å². The number of H-pyrrole nitrogens is 1. The van der Waals surface area contributed by atoms with Gasteiger partial charge >= 0.3 is 0 Å². The minimum Gasteiger partial charge on any atom is -0.494 e. The molecule has 14 heteroatoms. The van der Waals surface area contributed by atoms with Gasteiger partial charge in [-0.3, -0.25) is 43.9 Å². The largest absolute Gasteiger partial charge is 0.494 e. The van der Waals surface area contributed by atoms with Crippen molar-refractivity contribution >= 4 is 57.6 Å². The molecular formula is C48H51N7O7. The number of imide groups is 2. The van der Waals surface area contributed by atoms with Crippen LogP contribution >= 0.6 is 0 Å². The number of ketones is 1. The van der Waals surface area contributed by atoms with E-state index in [9.17, 15) is 28.8 Å². The number of fused-ring (bicyclic) bond motifs is 5. The van der Waals surface area contributed by atoms with E-state index in [1.165, 1.54) is 23.4 Å². The maximum atomic E-state index is 14.1. The second kappa shape index (κ2) is 16.2. The highest BCUT2D eigenvalue weighted by atomic mass is 16.5. The lowest BCUT2D eigenvalue weighted by atomic mass is 9.70. The van der Waals surface area contributed by atoms with Crippen LogP contribution in [0.5, 0.6) is 5.75 Å². The second-order valence-corrected chi connectivity index (χ2v) is 17.6. The molecule has 9 rings (SSSR count). The van der Waals surface area contributed by atoms with Crippen molar-refractivity contribution in [1.29, 1.82) is 0 Å². The number of carbonyl (C=O) groups is 6. The molecule has 62 heavy (non-hydrogen) atoms. The number of piperazine rings is 1. The Hall–Kier alpha value is -6.33. The van der Waals surface area contributed by atoms with Crippen molar-refractivity contribution in [3.8, 4) is 5.75 Å². The van der Waals surface area contributed by atoms with Gasteiger partial charge in [0.25, 0.3) is 11.8 Å². The highest BCUT2D eigenvalue weighted by molar-refractivity contribution is 6.24. The van der Waals surface area contributed by atoms with Crippen molar-refractivity contribution in [3.63, 3.8) is 0 Å². The van der Waals surface area contributed by atoms with Crippen LogP contribution < -0.4 is 15.0 Å². The molecule has 2 N–H and O–H groups in total. The highest BCUT2D eigenvalue weighted by Gasteiger charge is 2.45. The Morgan fingerprint density at radius 1 is 0.871 bits per heavy atom. The zero-order valence-corrected chi connectivity index (χ0v) is 35.5. The van der Waals surface area contributed by atoms with Crippen LogP contribution in [-0.4, -0.2) is 113 Å². The molecule has 1 unspecified atom stereocenters. The topological polar surface area (TPSA) is 157 Å². The molecule has 0 bridgehead atoms. The van der Waals surface area contributed by atoms with Gasteiger partial charge in [-0.25, -0.2) is 4.85 Å². The number of aromatic amines is 1. The average Bonchev–Trinajstić information content (AvgIpc) is 3.79. The number of unbranched alkanes of at least 4 members (excludes halogenated alkanes) is 1. The van der Waals surface area contributed by atoms with Gasteiger partial charge in [-0.15, -0.1) is 0 Å². The number of rotatable bonds is 10. The van der Waals surface area contributed by atoms with Gasteiger partial charge in [-0.1, -0.05) is 32.9 Å². The van der Waals surface area contributed by atoms with Gasteiger partial charge in [-0.05, 0) is 86.1 Å². The summed E-state index contributed by atoms with van der Waals surface area (Å²) >= 11 is 0. The molecule has 14 nitrogen and oxygen atoms in total. The van der Waals surface area contributed by atoms with Crippen LogP contribution in [0.2, 0.25) is 0 Å². The summed E-state index contributed by atoms with van der Waals surface area (Å²) in [5.41, 5.74) is 7.12. The Morgan fingerprint density at radius 2 is 1.63 bits per heavy atom. The first-order chi connectivity index (χ1) is 29.9. The maximum Gasteiger partial charge on any atom is 0.262 e.